The van der Waals surface area contributed by atoms with E-state index in [0.717, 1.165) is 28.3 Å². The topological polar surface area (TPSA) is 143 Å². The third-order valence-corrected chi connectivity index (χ3v) is 9.84. The van der Waals surface area contributed by atoms with Gasteiger partial charge in [0.2, 0.25) is 11.8 Å². The van der Waals surface area contributed by atoms with Crippen LogP contribution in [0.4, 0.5) is 16.4 Å². The monoisotopic (exact) mass is 608 g/mol. The normalized spacial score (nSPS) is 18.5. The minimum atomic E-state index is -0.438. The molecular formula is C29H36N8O3S2. The van der Waals surface area contributed by atoms with E-state index in [1.54, 1.807) is 0 Å². The van der Waals surface area contributed by atoms with Gasteiger partial charge in [0, 0.05) is 46.3 Å². The summed E-state index contributed by atoms with van der Waals surface area (Å²) in [4.78, 5) is 30.8. The number of likely N-dealkylation sites (N-methyl/N-ethyl adjacent to an activating group) is 1. The predicted octanol–water partition coefficient (Wildman–Crippen LogP) is 4.34. The lowest BCUT2D eigenvalue weighted by atomic mass is 9.98. The lowest BCUT2D eigenvalue weighted by Gasteiger charge is -2.29. The number of hydrogen-bond donors (Lipinski definition) is 5. The number of rotatable bonds is 13. The van der Waals surface area contributed by atoms with Crippen LogP contribution in [0.3, 0.4) is 0 Å². The number of alkyl carbamates (subject to hydrolysis) is 1. The number of benzene rings is 2. The Morgan fingerprint density at radius 2 is 1.98 bits per heavy atom. The van der Waals surface area contributed by atoms with Crippen molar-refractivity contribution in [3.63, 3.8) is 0 Å². The summed E-state index contributed by atoms with van der Waals surface area (Å²) in [7, 11) is 2.08. The minimum Gasteiger partial charge on any atom is -0.471 e. The lowest BCUT2D eigenvalue weighted by Crippen LogP contribution is -2.43. The maximum atomic E-state index is 12.3. The van der Waals surface area contributed by atoms with Crippen molar-refractivity contribution in [3.05, 3.63) is 66.0 Å². The van der Waals surface area contributed by atoms with Crippen LogP contribution in [0.15, 0.2) is 59.8 Å². The average Bonchev–Trinajstić information content (AvgIpc) is 3.41. The maximum Gasteiger partial charge on any atom is 0.407 e. The summed E-state index contributed by atoms with van der Waals surface area (Å²) in [5.41, 5.74) is 9.73. The van der Waals surface area contributed by atoms with Crippen LogP contribution in [-0.4, -0.2) is 73.7 Å². The fourth-order valence-electron chi connectivity index (χ4n) is 4.68. The van der Waals surface area contributed by atoms with E-state index in [1.807, 2.05) is 60.3 Å². The molecule has 2 aromatic heterocycles. The molecule has 1 amide bonds. The highest BCUT2D eigenvalue weighted by atomic mass is 32.2. The second-order valence-corrected chi connectivity index (χ2v) is 12.6. The van der Waals surface area contributed by atoms with Gasteiger partial charge in [-0.1, -0.05) is 36.4 Å². The highest BCUT2D eigenvalue weighted by Crippen LogP contribution is 2.56. The number of aromatic nitrogens is 4. The Hall–Kier alpha value is -3.68. The predicted molar refractivity (Wildman–Crippen MR) is 169 cm³/mol. The molecule has 0 bridgehead atoms. The van der Waals surface area contributed by atoms with Gasteiger partial charge < -0.3 is 30.8 Å². The average molecular weight is 609 g/mol. The van der Waals surface area contributed by atoms with Crippen LogP contribution in [0.5, 0.6) is 5.88 Å². The van der Waals surface area contributed by atoms with Gasteiger partial charge in [0.1, 0.15) is 13.2 Å². The number of nitrogen functional groups attached to an aromatic ring is 1. The summed E-state index contributed by atoms with van der Waals surface area (Å²) in [6, 6.07) is 16.1. The first-order valence-electron chi connectivity index (χ1n) is 13.7. The molecule has 0 saturated carbocycles. The van der Waals surface area contributed by atoms with Gasteiger partial charge in [-0.2, -0.15) is 9.97 Å². The summed E-state index contributed by atoms with van der Waals surface area (Å²) in [6.07, 6.45) is 1.08. The molecule has 1 aliphatic rings. The van der Waals surface area contributed by atoms with E-state index in [2.05, 4.69) is 69.0 Å². The quantitative estimate of drug-likeness (QED) is 0.110. The molecule has 1 aliphatic heterocycles. The van der Waals surface area contributed by atoms with Crippen molar-refractivity contribution in [2.75, 3.05) is 37.8 Å². The zero-order chi connectivity index (χ0) is 29.7. The first kappa shape index (κ1) is 29.8. The van der Waals surface area contributed by atoms with Gasteiger partial charge in [-0.25, -0.2) is 9.78 Å². The molecule has 5 rings (SSSR count). The Labute approximate surface area is 254 Å². The van der Waals surface area contributed by atoms with Gasteiger partial charge in [-0.15, -0.1) is 24.4 Å². The summed E-state index contributed by atoms with van der Waals surface area (Å²) in [5, 5.41) is 6.84. The van der Waals surface area contributed by atoms with Crippen LogP contribution in [0.2, 0.25) is 0 Å². The summed E-state index contributed by atoms with van der Waals surface area (Å²) in [6.45, 7) is 7.04. The number of hydrogen-bond acceptors (Lipinski definition) is 11. The molecule has 2 aromatic carbocycles. The van der Waals surface area contributed by atoms with Crippen molar-refractivity contribution in [1.29, 1.82) is 0 Å². The van der Waals surface area contributed by atoms with E-state index in [1.165, 1.54) is 6.33 Å². The third kappa shape index (κ3) is 7.20. The second-order valence-electron chi connectivity index (χ2n) is 10.4. The number of thiol groups is 1. The van der Waals surface area contributed by atoms with E-state index in [0.29, 0.717) is 54.6 Å². The molecule has 42 heavy (non-hydrogen) atoms. The number of thioether (sulfide) groups is 1. The van der Waals surface area contributed by atoms with Crippen LogP contribution in [0.1, 0.15) is 25.0 Å². The van der Waals surface area contributed by atoms with Crippen LogP contribution in [-0.2, 0) is 17.9 Å². The van der Waals surface area contributed by atoms with Crippen molar-refractivity contribution in [1.82, 2.24) is 30.2 Å². The molecule has 11 nitrogen and oxygen atoms in total. The van der Waals surface area contributed by atoms with Crippen LogP contribution < -0.4 is 21.1 Å². The third-order valence-electron chi connectivity index (χ3n) is 7.63. The number of anilines is 2. The van der Waals surface area contributed by atoms with Gasteiger partial charge in [-0.05, 0) is 44.2 Å². The number of nitrogens with zero attached hydrogens (tertiary/aromatic N) is 4. The number of aromatic amines is 1. The number of para-hydroxylation sites is 1. The van der Waals surface area contributed by atoms with E-state index in [4.69, 9.17) is 15.2 Å². The van der Waals surface area contributed by atoms with Crippen molar-refractivity contribution in [3.8, 4) is 5.88 Å². The Balaban J connectivity index is 0.990. The molecule has 4 aromatic rings. The van der Waals surface area contributed by atoms with Crippen LogP contribution in [0.25, 0.3) is 11.2 Å². The number of imidazole rings is 1. The van der Waals surface area contributed by atoms with E-state index in [9.17, 15) is 4.79 Å². The molecule has 1 unspecified atom stereocenters. The molecule has 0 radical (unpaired) electrons. The smallest absolute Gasteiger partial charge is 0.407 e. The first-order valence-corrected chi connectivity index (χ1v) is 15.0. The fourth-order valence-corrected chi connectivity index (χ4v) is 6.29. The number of H-pyrrole nitrogens is 1. The molecule has 3 atom stereocenters. The Morgan fingerprint density at radius 1 is 1.21 bits per heavy atom. The second kappa shape index (κ2) is 13.1. The van der Waals surface area contributed by atoms with Crippen LogP contribution >= 0.6 is 24.4 Å². The Morgan fingerprint density at radius 3 is 2.76 bits per heavy atom. The van der Waals surface area contributed by atoms with Crippen molar-refractivity contribution < 1.29 is 14.3 Å². The minimum absolute atomic E-state index is 0.112. The molecule has 13 heteroatoms. The first-order chi connectivity index (χ1) is 20.2. The van der Waals surface area contributed by atoms with E-state index < -0.39 is 6.09 Å². The number of carbonyl (C=O) groups is 1. The molecule has 0 aliphatic carbocycles. The van der Waals surface area contributed by atoms with Crippen molar-refractivity contribution in [2.24, 2.45) is 0 Å². The molecule has 222 valence electrons. The molecule has 1 saturated heterocycles. The number of nitrogens with two attached hydrogens (primary N) is 1. The Kier molecular flexibility index (Phi) is 9.29. The van der Waals surface area contributed by atoms with Gasteiger partial charge >= 0.3 is 6.09 Å². The number of nitrogens with one attached hydrogen (secondary N) is 3. The number of fused-ring (bicyclic) bond motifs is 1. The van der Waals surface area contributed by atoms with E-state index in [-0.39, 0.29) is 10.7 Å². The van der Waals surface area contributed by atoms with Gasteiger partial charge in [-0.3, -0.25) is 4.90 Å². The summed E-state index contributed by atoms with van der Waals surface area (Å²) < 4.78 is 11.4. The molecular weight excluding hydrogens is 573 g/mol. The van der Waals surface area contributed by atoms with Crippen molar-refractivity contribution in [2.45, 2.75) is 47.9 Å². The highest BCUT2D eigenvalue weighted by molar-refractivity contribution is 8.08. The maximum absolute atomic E-state index is 12.3. The molecule has 1 fully saturated rings. The van der Waals surface area contributed by atoms with Crippen LogP contribution in [0, 0.1) is 0 Å². The molecule has 3 heterocycles. The SMILES string of the molecule is C[C@@H](N(C)CCOC(=O)NCc1ccc(COc2nc(N)nc3[nH]cnc23)cc1)[C@]1(C)SC1CNc1ccccc1S. The number of ether oxygens (including phenoxy) is 2. The van der Waals surface area contributed by atoms with Gasteiger partial charge in [0.05, 0.1) is 6.33 Å². The largest absolute Gasteiger partial charge is 0.471 e. The number of amides is 1. The number of carbonyl (C=O) groups excluding carboxylic acids is 1. The fraction of sp³-hybridized carbons (Fsp3) is 0.379. The summed E-state index contributed by atoms with van der Waals surface area (Å²) >= 11 is 6.50. The highest BCUT2D eigenvalue weighted by Gasteiger charge is 2.55. The van der Waals surface area contributed by atoms with Gasteiger partial charge in [0.15, 0.2) is 11.2 Å². The molecule has 5 N–H and O–H groups in total. The molecule has 0 spiro atoms. The lowest BCUT2D eigenvalue weighted by molar-refractivity contribution is 0.120. The van der Waals surface area contributed by atoms with Crippen molar-refractivity contribution >= 4 is 53.3 Å². The van der Waals surface area contributed by atoms with Gasteiger partial charge in [0.25, 0.3) is 0 Å². The zero-order valence-corrected chi connectivity index (χ0v) is 25.5. The summed E-state index contributed by atoms with van der Waals surface area (Å²) in [5.74, 6) is 0.436. The van der Waals surface area contributed by atoms with E-state index >= 15 is 0 Å². The zero-order valence-electron chi connectivity index (χ0n) is 23.8. The Bertz CT molecular complexity index is 1520. The standard InChI is InChI=1S/C29H36N8O3S2/c1-18(29(2)23(42-29)15-31-21-6-4-5-7-22(21)41)37(3)12-13-39-28(38)32-14-19-8-10-20(11-9-19)16-40-26-24-25(34-17-33-24)35-27(30)36-26/h4-11,17-18,23,31,41H,12-16H2,1-3H3,(H,32,38)(H3,30,33,34,35,36)/t18-,23?,29+/m1/s1.